The van der Waals surface area contributed by atoms with Gasteiger partial charge in [-0.25, -0.2) is 0 Å². The van der Waals surface area contributed by atoms with Gasteiger partial charge in [0, 0.05) is 18.2 Å². The number of benzene rings is 1. The molecular formula is C13H14N4O2S. The van der Waals surface area contributed by atoms with Gasteiger partial charge in [0.15, 0.2) is 0 Å². The molecule has 2 aromatic rings. The summed E-state index contributed by atoms with van der Waals surface area (Å²) in [6, 6.07) is 6.63. The molecule has 0 bridgehead atoms. The Bertz CT molecular complexity index is 622. The number of rotatable bonds is 4. The Labute approximate surface area is 120 Å². The highest BCUT2D eigenvalue weighted by Gasteiger charge is 2.09. The van der Waals surface area contributed by atoms with Crippen LogP contribution in [0.5, 0.6) is 0 Å². The largest absolute Gasteiger partial charge is 0.326 e. The summed E-state index contributed by atoms with van der Waals surface area (Å²) in [5.74, 6) is -0.402. The molecule has 0 aliphatic heterocycles. The van der Waals surface area contributed by atoms with Crippen LogP contribution in [0, 0.1) is 0 Å². The molecule has 20 heavy (non-hydrogen) atoms. The molecule has 1 heterocycles. The van der Waals surface area contributed by atoms with Crippen molar-refractivity contribution in [3.63, 3.8) is 0 Å². The topological polar surface area (TPSA) is 84.0 Å². The number of hydrogen-bond acceptors (Lipinski definition) is 5. The lowest BCUT2D eigenvalue weighted by Crippen LogP contribution is -2.12. The third kappa shape index (κ3) is 3.61. The van der Waals surface area contributed by atoms with E-state index in [0.29, 0.717) is 16.4 Å². The van der Waals surface area contributed by atoms with Crippen LogP contribution >= 0.6 is 11.3 Å². The van der Waals surface area contributed by atoms with E-state index >= 15 is 0 Å². The molecule has 0 aliphatic carbocycles. The maximum Gasteiger partial charge on any atom is 0.257 e. The van der Waals surface area contributed by atoms with Crippen molar-refractivity contribution in [3.05, 3.63) is 34.8 Å². The molecule has 0 saturated heterocycles. The van der Waals surface area contributed by atoms with Crippen LogP contribution in [0.3, 0.4) is 0 Å². The van der Waals surface area contributed by atoms with Gasteiger partial charge in [-0.05, 0) is 30.7 Å². The molecule has 0 spiro atoms. The van der Waals surface area contributed by atoms with Gasteiger partial charge in [-0.15, -0.1) is 10.2 Å². The van der Waals surface area contributed by atoms with Crippen LogP contribution in [0.1, 0.15) is 29.2 Å². The predicted molar refractivity (Wildman–Crippen MR) is 78.0 cm³/mol. The summed E-state index contributed by atoms with van der Waals surface area (Å²) in [4.78, 5) is 22.9. The summed E-state index contributed by atoms with van der Waals surface area (Å²) in [5, 5.41) is 14.5. The van der Waals surface area contributed by atoms with Crippen LogP contribution in [0.2, 0.25) is 0 Å². The first-order valence-electron chi connectivity index (χ1n) is 6.10. The molecule has 2 N–H and O–H groups in total. The average molecular weight is 290 g/mol. The van der Waals surface area contributed by atoms with Crippen LogP contribution in [0.4, 0.5) is 10.8 Å². The van der Waals surface area contributed by atoms with E-state index in [1.54, 1.807) is 24.3 Å². The Balaban J connectivity index is 2.03. The average Bonchev–Trinajstić information content (AvgIpc) is 2.86. The second-order valence-electron chi connectivity index (χ2n) is 4.07. The molecule has 104 valence electrons. The summed E-state index contributed by atoms with van der Waals surface area (Å²) in [7, 11) is 0. The number of amides is 2. The molecule has 1 aromatic carbocycles. The van der Waals surface area contributed by atoms with Gasteiger partial charge in [-0.1, -0.05) is 18.3 Å². The number of nitrogens with one attached hydrogen (secondary N) is 2. The fourth-order valence-electron chi connectivity index (χ4n) is 1.52. The first kappa shape index (κ1) is 14.1. The highest BCUT2D eigenvalue weighted by Crippen LogP contribution is 2.17. The molecule has 7 heteroatoms. The molecule has 0 atom stereocenters. The fraction of sp³-hybridized carbons (Fsp3) is 0.231. The lowest BCUT2D eigenvalue weighted by atomic mass is 10.2. The summed E-state index contributed by atoms with van der Waals surface area (Å²) in [6.45, 7) is 3.41. The van der Waals surface area contributed by atoms with Crippen LogP contribution in [-0.4, -0.2) is 22.0 Å². The minimum Gasteiger partial charge on any atom is -0.326 e. The second-order valence-corrected chi connectivity index (χ2v) is 5.13. The number of aromatic nitrogens is 2. The number of aryl methyl sites for hydroxylation is 1. The Hall–Kier alpha value is -2.28. The van der Waals surface area contributed by atoms with Crippen molar-refractivity contribution in [2.24, 2.45) is 0 Å². The van der Waals surface area contributed by atoms with Gasteiger partial charge in [0.2, 0.25) is 11.0 Å². The van der Waals surface area contributed by atoms with Gasteiger partial charge in [-0.3, -0.25) is 14.9 Å². The van der Waals surface area contributed by atoms with Gasteiger partial charge in [0.25, 0.3) is 5.91 Å². The first-order chi connectivity index (χ1) is 9.58. The molecule has 2 rings (SSSR count). The maximum atomic E-state index is 12.0. The van der Waals surface area contributed by atoms with Gasteiger partial charge in [-0.2, -0.15) is 0 Å². The van der Waals surface area contributed by atoms with E-state index in [2.05, 4.69) is 20.8 Å². The minimum absolute atomic E-state index is 0.150. The summed E-state index contributed by atoms with van der Waals surface area (Å²) in [5.41, 5.74) is 1.14. The zero-order valence-corrected chi connectivity index (χ0v) is 12.0. The Kier molecular flexibility index (Phi) is 4.41. The standard InChI is InChI=1S/C13H14N4O2S/c1-3-11-16-17-13(20-11)15-12(19)9-4-6-10(7-5-9)14-8(2)18/h4-7H,3H2,1-2H3,(H,14,18)(H,15,17,19). The Morgan fingerprint density at radius 3 is 2.40 bits per heavy atom. The van der Waals surface area contributed by atoms with Gasteiger partial charge >= 0.3 is 0 Å². The summed E-state index contributed by atoms with van der Waals surface area (Å²) in [6.07, 6.45) is 0.791. The smallest absolute Gasteiger partial charge is 0.257 e. The van der Waals surface area contributed by atoms with Crippen molar-refractivity contribution in [2.45, 2.75) is 20.3 Å². The number of anilines is 2. The van der Waals surface area contributed by atoms with E-state index in [9.17, 15) is 9.59 Å². The Morgan fingerprint density at radius 1 is 1.15 bits per heavy atom. The highest BCUT2D eigenvalue weighted by molar-refractivity contribution is 7.15. The third-order valence-corrected chi connectivity index (χ3v) is 3.44. The molecule has 0 aliphatic rings. The van der Waals surface area contributed by atoms with Gasteiger partial charge in [0.1, 0.15) is 5.01 Å². The van der Waals surface area contributed by atoms with Crippen molar-refractivity contribution in [3.8, 4) is 0 Å². The lowest BCUT2D eigenvalue weighted by molar-refractivity contribution is -0.114. The van der Waals surface area contributed by atoms with E-state index in [1.165, 1.54) is 18.3 Å². The number of carbonyl (C=O) groups excluding carboxylic acids is 2. The van der Waals surface area contributed by atoms with Crippen molar-refractivity contribution in [2.75, 3.05) is 10.6 Å². The van der Waals surface area contributed by atoms with Gasteiger partial charge < -0.3 is 5.32 Å². The molecule has 0 radical (unpaired) electrons. The number of hydrogen-bond donors (Lipinski definition) is 2. The van der Waals surface area contributed by atoms with Crippen molar-refractivity contribution in [1.29, 1.82) is 0 Å². The third-order valence-electron chi connectivity index (χ3n) is 2.46. The first-order valence-corrected chi connectivity index (χ1v) is 6.91. The van der Waals surface area contributed by atoms with E-state index < -0.39 is 0 Å². The molecule has 0 unspecified atom stereocenters. The van der Waals surface area contributed by atoms with Crippen molar-refractivity contribution >= 4 is 34.0 Å². The van der Waals surface area contributed by atoms with Crippen LogP contribution in [0.25, 0.3) is 0 Å². The van der Waals surface area contributed by atoms with E-state index in [4.69, 9.17) is 0 Å². The fourth-order valence-corrected chi connectivity index (χ4v) is 2.20. The summed E-state index contributed by atoms with van der Waals surface area (Å²) >= 11 is 1.36. The quantitative estimate of drug-likeness (QED) is 0.905. The highest BCUT2D eigenvalue weighted by atomic mass is 32.1. The van der Waals surface area contributed by atoms with Crippen LogP contribution < -0.4 is 10.6 Å². The van der Waals surface area contributed by atoms with E-state index in [-0.39, 0.29) is 11.8 Å². The molecule has 6 nitrogen and oxygen atoms in total. The zero-order valence-electron chi connectivity index (χ0n) is 11.1. The monoisotopic (exact) mass is 290 g/mol. The predicted octanol–water partition coefficient (Wildman–Crippen LogP) is 2.31. The van der Waals surface area contributed by atoms with Crippen LogP contribution in [0.15, 0.2) is 24.3 Å². The molecular weight excluding hydrogens is 276 g/mol. The Morgan fingerprint density at radius 2 is 1.85 bits per heavy atom. The second kappa shape index (κ2) is 6.25. The van der Waals surface area contributed by atoms with Gasteiger partial charge in [0.05, 0.1) is 0 Å². The molecule has 2 amide bonds. The zero-order chi connectivity index (χ0) is 14.5. The summed E-state index contributed by atoms with van der Waals surface area (Å²) < 4.78 is 0. The van der Waals surface area contributed by atoms with Crippen LogP contribution in [-0.2, 0) is 11.2 Å². The molecule has 1 aromatic heterocycles. The van der Waals surface area contributed by atoms with Crippen molar-refractivity contribution in [1.82, 2.24) is 10.2 Å². The lowest BCUT2D eigenvalue weighted by Gasteiger charge is -2.04. The molecule has 0 fully saturated rings. The minimum atomic E-state index is -0.252. The SMILES string of the molecule is CCc1nnc(NC(=O)c2ccc(NC(C)=O)cc2)s1. The number of nitrogens with zero attached hydrogens (tertiary/aromatic N) is 2. The maximum absolute atomic E-state index is 12.0. The number of carbonyl (C=O) groups is 2. The van der Waals surface area contributed by atoms with E-state index in [1.807, 2.05) is 6.92 Å². The van der Waals surface area contributed by atoms with Crippen molar-refractivity contribution < 1.29 is 9.59 Å². The normalized spacial score (nSPS) is 10.1. The molecule has 0 saturated carbocycles. The van der Waals surface area contributed by atoms with E-state index in [0.717, 1.165) is 11.4 Å².